The van der Waals surface area contributed by atoms with Crippen LogP contribution in [0, 0.1) is 0 Å². The van der Waals surface area contributed by atoms with Gasteiger partial charge >= 0.3 is 0 Å². The zero-order chi connectivity index (χ0) is 9.97. The van der Waals surface area contributed by atoms with Crippen molar-refractivity contribution in [1.29, 1.82) is 0 Å². The number of fused-ring (bicyclic) bond motifs is 1. The summed E-state index contributed by atoms with van der Waals surface area (Å²) in [6.45, 7) is 1.59. The van der Waals surface area contributed by atoms with Gasteiger partial charge in [0.15, 0.2) is 5.78 Å². The summed E-state index contributed by atoms with van der Waals surface area (Å²) < 4.78 is 0. The molecule has 1 aromatic heterocycles. The van der Waals surface area contributed by atoms with Crippen molar-refractivity contribution < 1.29 is 4.79 Å². The second kappa shape index (κ2) is 3.74. The Bertz CT molecular complexity index is 393. The summed E-state index contributed by atoms with van der Waals surface area (Å²) in [6, 6.07) is 3.98. The van der Waals surface area contributed by atoms with E-state index in [1.807, 2.05) is 12.3 Å². The summed E-state index contributed by atoms with van der Waals surface area (Å²) in [6.07, 6.45) is 6.68. The van der Waals surface area contributed by atoms with E-state index in [1.165, 1.54) is 0 Å². The maximum atomic E-state index is 11.0. The minimum absolute atomic E-state index is 0.122. The Morgan fingerprint density at radius 2 is 2.36 bits per heavy atom. The van der Waals surface area contributed by atoms with E-state index in [9.17, 15) is 4.79 Å². The summed E-state index contributed by atoms with van der Waals surface area (Å²) in [5, 5.41) is 0. The van der Waals surface area contributed by atoms with E-state index in [0.29, 0.717) is 0 Å². The van der Waals surface area contributed by atoms with Crippen LogP contribution in [-0.4, -0.2) is 10.8 Å². The maximum Gasteiger partial charge on any atom is 0.152 e. The molecule has 0 N–H and O–H groups in total. The number of nitrogens with zero attached hydrogens (tertiary/aromatic N) is 1. The molecule has 0 aliphatic heterocycles. The highest BCUT2D eigenvalue weighted by Gasteiger charge is 2.14. The molecule has 0 saturated heterocycles. The van der Waals surface area contributed by atoms with Crippen LogP contribution in [0.2, 0.25) is 0 Å². The molecule has 0 saturated carbocycles. The van der Waals surface area contributed by atoms with Gasteiger partial charge in [0.05, 0.1) is 0 Å². The molecule has 0 atom stereocenters. The Labute approximate surface area is 83.7 Å². The minimum atomic E-state index is 0.122. The summed E-state index contributed by atoms with van der Waals surface area (Å²) in [4.78, 5) is 15.3. The van der Waals surface area contributed by atoms with Gasteiger partial charge in [-0.15, -0.1) is 0 Å². The first-order chi connectivity index (χ1) is 6.77. The van der Waals surface area contributed by atoms with Crippen molar-refractivity contribution in [3.8, 4) is 0 Å². The van der Waals surface area contributed by atoms with E-state index >= 15 is 0 Å². The molecule has 14 heavy (non-hydrogen) atoms. The van der Waals surface area contributed by atoms with Crippen LogP contribution in [0.3, 0.4) is 0 Å². The molecule has 1 aliphatic carbocycles. The van der Waals surface area contributed by atoms with Gasteiger partial charge in [0.1, 0.15) is 0 Å². The fraction of sp³-hybridized carbons (Fsp3) is 0.333. The third-order valence-corrected chi connectivity index (χ3v) is 2.47. The Morgan fingerprint density at radius 1 is 1.50 bits per heavy atom. The Kier molecular flexibility index (Phi) is 2.44. The van der Waals surface area contributed by atoms with Crippen molar-refractivity contribution in [2.75, 3.05) is 0 Å². The van der Waals surface area contributed by atoms with Gasteiger partial charge in [-0.1, -0.05) is 6.07 Å². The second-order valence-electron chi connectivity index (χ2n) is 3.63. The van der Waals surface area contributed by atoms with E-state index in [0.717, 1.165) is 36.1 Å². The minimum Gasteiger partial charge on any atom is -0.295 e. The van der Waals surface area contributed by atoms with Gasteiger partial charge in [0.25, 0.3) is 0 Å². The van der Waals surface area contributed by atoms with Crippen LogP contribution in [0.15, 0.2) is 24.4 Å². The number of hydrogen-bond donors (Lipinski definition) is 0. The van der Waals surface area contributed by atoms with E-state index in [2.05, 4.69) is 11.1 Å². The molecule has 2 heteroatoms. The first-order valence-electron chi connectivity index (χ1n) is 4.93. The average Bonchev–Trinajstić information content (AvgIpc) is 2.18. The molecule has 0 aromatic carbocycles. The van der Waals surface area contributed by atoms with Crippen molar-refractivity contribution >= 4 is 11.4 Å². The Hall–Kier alpha value is -1.44. The predicted octanol–water partition coefficient (Wildman–Crippen LogP) is 2.39. The molecule has 0 fully saturated rings. The molecule has 0 amide bonds. The zero-order valence-electron chi connectivity index (χ0n) is 8.29. The molecule has 1 aliphatic rings. The summed E-state index contributed by atoms with van der Waals surface area (Å²) in [5.41, 5.74) is 3.44. The Balaban J connectivity index is 2.45. The van der Waals surface area contributed by atoms with Crippen LogP contribution in [-0.2, 0) is 11.2 Å². The topological polar surface area (TPSA) is 30.0 Å². The number of carbonyl (C=O) groups excluding carboxylic acids is 1. The first kappa shape index (κ1) is 9.13. The second-order valence-corrected chi connectivity index (χ2v) is 3.63. The molecular weight excluding hydrogens is 174 g/mol. The lowest BCUT2D eigenvalue weighted by atomic mass is 9.90. The highest BCUT2D eigenvalue weighted by atomic mass is 16.1. The lowest BCUT2D eigenvalue weighted by Gasteiger charge is -2.17. The molecule has 0 radical (unpaired) electrons. The van der Waals surface area contributed by atoms with Gasteiger partial charge in [-0.3, -0.25) is 9.78 Å². The van der Waals surface area contributed by atoms with Crippen molar-refractivity contribution in [2.24, 2.45) is 0 Å². The quantitative estimate of drug-likeness (QED) is 0.632. The summed E-state index contributed by atoms with van der Waals surface area (Å²) in [7, 11) is 0. The van der Waals surface area contributed by atoms with Crippen LogP contribution >= 0.6 is 0 Å². The largest absolute Gasteiger partial charge is 0.295 e. The van der Waals surface area contributed by atoms with Crippen molar-refractivity contribution in [3.63, 3.8) is 0 Å². The SMILES string of the molecule is CC(=O)/C=C1\CCCc2ncccc21. The van der Waals surface area contributed by atoms with Crippen molar-refractivity contribution in [2.45, 2.75) is 26.2 Å². The number of aryl methyl sites for hydroxylation is 1. The maximum absolute atomic E-state index is 11.0. The van der Waals surface area contributed by atoms with Gasteiger partial charge in [0.2, 0.25) is 0 Å². The molecule has 0 spiro atoms. The van der Waals surface area contributed by atoms with Gasteiger partial charge in [-0.05, 0) is 49.5 Å². The van der Waals surface area contributed by atoms with Crippen molar-refractivity contribution in [1.82, 2.24) is 4.98 Å². The third kappa shape index (κ3) is 1.74. The normalized spacial score (nSPS) is 17.9. The van der Waals surface area contributed by atoms with E-state index in [4.69, 9.17) is 0 Å². The molecular formula is C12H13NO. The molecule has 1 aromatic rings. The molecule has 2 rings (SSSR count). The number of allylic oxidation sites excluding steroid dienone is 2. The van der Waals surface area contributed by atoms with Crippen LogP contribution in [0.4, 0.5) is 0 Å². The van der Waals surface area contributed by atoms with Crippen molar-refractivity contribution in [3.05, 3.63) is 35.7 Å². The number of ketones is 1. The van der Waals surface area contributed by atoms with Crippen LogP contribution in [0.25, 0.3) is 5.57 Å². The van der Waals surface area contributed by atoms with E-state index in [-0.39, 0.29) is 5.78 Å². The van der Waals surface area contributed by atoms with Crippen LogP contribution in [0.1, 0.15) is 31.0 Å². The standard InChI is InChI=1S/C12H13NO/c1-9(14)8-10-4-2-6-12-11(10)5-3-7-13-12/h3,5,7-8H,2,4,6H2,1H3/b10-8+. The Morgan fingerprint density at radius 3 is 3.14 bits per heavy atom. The monoisotopic (exact) mass is 187 g/mol. The zero-order valence-corrected chi connectivity index (χ0v) is 8.29. The molecule has 72 valence electrons. The summed E-state index contributed by atoms with van der Waals surface area (Å²) in [5.74, 6) is 0.122. The van der Waals surface area contributed by atoms with Gasteiger partial charge in [-0.2, -0.15) is 0 Å². The fourth-order valence-corrected chi connectivity index (χ4v) is 1.91. The van der Waals surface area contributed by atoms with Gasteiger partial charge < -0.3 is 0 Å². The molecule has 0 bridgehead atoms. The predicted molar refractivity (Wildman–Crippen MR) is 55.8 cm³/mol. The fourth-order valence-electron chi connectivity index (χ4n) is 1.91. The molecule has 1 heterocycles. The first-order valence-corrected chi connectivity index (χ1v) is 4.93. The van der Waals surface area contributed by atoms with E-state index < -0.39 is 0 Å². The smallest absolute Gasteiger partial charge is 0.152 e. The van der Waals surface area contributed by atoms with Gasteiger partial charge in [0, 0.05) is 11.9 Å². The molecule has 0 unspecified atom stereocenters. The number of aromatic nitrogens is 1. The highest BCUT2D eigenvalue weighted by Crippen LogP contribution is 2.28. The average molecular weight is 187 g/mol. The lowest BCUT2D eigenvalue weighted by molar-refractivity contribution is -0.112. The lowest BCUT2D eigenvalue weighted by Crippen LogP contribution is -2.04. The number of rotatable bonds is 1. The number of pyridine rings is 1. The van der Waals surface area contributed by atoms with Crippen LogP contribution < -0.4 is 0 Å². The third-order valence-electron chi connectivity index (χ3n) is 2.47. The number of hydrogen-bond acceptors (Lipinski definition) is 2. The van der Waals surface area contributed by atoms with Crippen LogP contribution in [0.5, 0.6) is 0 Å². The van der Waals surface area contributed by atoms with E-state index in [1.54, 1.807) is 13.0 Å². The summed E-state index contributed by atoms with van der Waals surface area (Å²) >= 11 is 0. The number of carbonyl (C=O) groups is 1. The molecule has 2 nitrogen and oxygen atoms in total. The highest BCUT2D eigenvalue weighted by molar-refractivity contribution is 5.95. The van der Waals surface area contributed by atoms with Gasteiger partial charge in [-0.25, -0.2) is 0 Å².